The smallest absolute Gasteiger partial charge is 0.310 e. The lowest BCUT2D eigenvalue weighted by Crippen LogP contribution is -2.56. The molecule has 0 spiro atoms. The fraction of sp³-hybridized carbons (Fsp3) is 0.235. The van der Waals surface area contributed by atoms with Crippen LogP contribution >= 0.6 is 0 Å². The predicted octanol–water partition coefficient (Wildman–Crippen LogP) is 1.28. The number of hydrogen-bond acceptors (Lipinski definition) is 4. The van der Waals surface area contributed by atoms with Crippen molar-refractivity contribution in [1.82, 2.24) is 0 Å². The molecule has 5 rings (SSSR count). The zero-order valence-electron chi connectivity index (χ0n) is 11.5. The number of aromatic hydroxyl groups is 1. The molecule has 3 atom stereocenters. The van der Waals surface area contributed by atoms with Crippen LogP contribution in [0.1, 0.15) is 28.7 Å². The summed E-state index contributed by atoms with van der Waals surface area (Å²) in [5.41, 5.74) is -1.63. The first-order valence-corrected chi connectivity index (χ1v) is 7.00. The van der Waals surface area contributed by atoms with Gasteiger partial charge in [-0.3, -0.25) is 4.79 Å². The number of carboxylic acids is 1. The second-order valence-electron chi connectivity index (χ2n) is 6.00. The van der Waals surface area contributed by atoms with Crippen LogP contribution in [-0.4, -0.2) is 26.4 Å². The minimum atomic E-state index is -1.71. The van der Waals surface area contributed by atoms with Crippen molar-refractivity contribution in [3.05, 3.63) is 64.7 Å². The van der Waals surface area contributed by atoms with E-state index in [1.807, 2.05) is 0 Å². The Morgan fingerprint density at radius 1 is 1.00 bits per heavy atom. The first kappa shape index (κ1) is 13.3. The van der Waals surface area contributed by atoms with Gasteiger partial charge in [0.15, 0.2) is 0 Å². The van der Waals surface area contributed by atoms with E-state index in [1.54, 1.807) is 24.3 Å². The highest BCUT2D eigenvalue weighted by molar-refractivity contribution is 5.78. The van der Waals surface area contributed by atoms with E-state index in [0.717, 1.165) is 0 Å². The molecule has 2 aromatic carbocycles. The fourth-order valence-electron chi connectivity index (χ4n) is 3.98. The lowest BCUT2D eigenvalue weighted by Gasteiger charge is -2.53. The molecule has 3 aliphatic carbocycles. The van der Waals surface area contributed by atoms with Crippen molar-refractivity contribution in [3.8, 4) is 5.75 Å². The van der Waals surface area contributed by atoms with Crippen molar-refractivity contribution in [1.29, 1.82) is 0 Å². The molecule has 0 aromatic heterocycles. The maximum absolute atomic E-state index is 11.7. The van der Waals surface area contributed by atoms with E-state index < -0.39 is 23.1 Å². The van der Waals surface area contributed by atoms with Gasteiger partial charge in [-0.1, -0.05) is 30.3 Å². The number of aliphatic carboxylic acids is 1. The van der Waals surface area contributed by atoms with Crippen LogP contribution in [0.5, 0.6) is 5.75 Å². The Labute approximate surface area is 126 Å². The van der Waals surface area contributed by atoms with Crippen LogP contribution in [0.4, 0.5) is 0 Å². The molecule has 0 amide bonds. The Bertz CT molecular complexity index is 814. The lowest BCUT2D eigenvalue weighted by atomic mass is 9.54. The van der Waals surface area contributed by atoms with Crippen molar-refractivity contribution in [2.75, 3.05) is 0 Å². The molecule has 3 unspecified atom stereocenters. The molecule has 0 fully saturated rings. The minimum absolute atomic E-state index is 0.0346. The topological polar surface area (TPSA) is 98.0 Å². The van der Waals surface area contributed by atoms with Gasteiger partial charge in [0.2, 0.25) is 0 Å². The van der Waals surface area contributed by atoms with Crippen molar-refractivity contribution in [3.63, 3.8) is 0 Å². The molecule has 2 aromatic rings. The third-order valence-electron chi connectivity index (χ3n) is 4.94. The van der Waals surface area contributed by atoms with E-state index in [2.05, 4.69) is 0 Å². The third kappa shape index (κ3) is 1.33. The van der Waals surface area contributed by atoms with Gasteiger partial charge in [-0.15, -0.1) is 0 Å². The highest BCUT2D eigenvalue weighted by Gasteiger charge is 2.62. The Balaban J connectivity index is 2.14. The van der Waals surface area contributed by atoms with Crippen molar-refractivity contribution >= 4 is 5.97 Å². The molecule has 22 heavy (non-hydrogen) atoms. The van der Waals surface area contributed by atoms with Gasteiger partial charge in [0, 0.05) is 6.42 Å². The van der Waals surface area contributed by atoms with E-state index in [0.29, 0.717) is 22.3 Å². The van der Waals surface area contributed by atoms with Gasteiger partial charge in [0.05, 0.1) is 5.92 Å². The number of rotatable bonds is 1. The van der Waals surface area contributed by atoms with Gasteiger partial charge in [0.1, 0.15) is 17.0 Å². The standard InChI is InChI=1S/C17H14O5/c18-9-5-6-12-13(7-9)16(21)8-14(15(19)20)17(12,22)11-4-2-1-3-10(11)16/h1-7,14,18,21-22H,8H2,(H,19,20). The fourth-order valence-corrected chi connectivity index (χ4v) is 3.98. The molecule has 0 aliphatic heterocycles. The van der Waals surface area contributed by atoms with Crippen LogP contribution in [0.3, 0.4) is 0 Å². The number of phenolic OH excluding ortho intramolecular Hbond substituents is 1. The van der Waals surface area contributed by atoms with Crippen LogP contribution in [0.15, 0.2) is 42.5 Å². The number of fused-ring (bicyclic) bond motifs is 1. The van der Waals surface area contributed by atoms with E-state index in [4.69, 9.17) is 0 Å². The van der Waals surface area contributed by atoms with Crippen molar-refractivity contribution < 1.29 is 25.2 Å². The van der Waals surface area contributed by atoms with Crippen LogP contribution < -0.4 is 0 Å². The molecular weight excluding hydrogens is 284 g/mol. The molecule has 3 aliphatic rings. The Morgan fingerprint density at radius 2 is 1.64 bits per heavy atom. The van der Waals surface area contributed by atoms with Gasteiger partial charge < -0.3 is 20.4 Å². The summed E-state index contributed by atoms with van der Waals surface area (Å²) in [5, 5.41) is 41.7. The highest BCUT2D eigenvalue weighted by Crippen LogP contribution is 2.59. The quantitative estimate of drug-likeness (QED) is 0.636. The molecule has 4 N–H and O–H groups in total. The van der Waals surface area contributed by atoms with E-state index in [1.165, 1.54) is 18.2 Å². The molecule has 112 valence electrons. The SMILES string of the molecule is O=C(O)C1CC2(O)c3ccccc3C1(O)c1ccc(O)cc12. The molecule has 2 bridgehead atoms. The Morgan fingerprint density at radius 3 is 2.32 bits per heavy atom. The van der Waals surface area contributed by atoms with Gasteiger partial charge in [-0.05, 0) is 34.4 Å². The summed E-state index contributed by atoms with van der Waals surface area (Å²) in [6.07, 6.45) is -0.133. The maximum Gasteiger partial charge on any atom is 0.310 e. The monoisotopic (exact) mass is 298 g/mol. The van der Waals surface area contributed by atoms with Gasteiger partial charge in [-0.25, -0.2) is 0 Å². The van der Waals surface area contributed by atoms with Crippen molar-refractivity contribution in [2.45, 2.75) is 17.6 Å². The number of carboxylic acid groups (broad SMARTS) is 1. The molecular formula is C17H14O5. The summed E-state index contributed by atoms with van der Waals surface area (Å²) < 4.78 is 0. The summed E-state index contributed by atoms with van der Waals surface area (Å²) in [4.78, 5) is 11.7. The molecule has 0 heterocycles. The average Bonchev–Trinajstić information content (AvgIpc) is 2.50. The number of phenols is 1. The molecule has 5 nitrogen and oxygen atoms in total. The first-order chi connectivity index (χ1) is 10.4. The highest BCUT2D eigenvalue weighted by atomic mass is 16.4. The Hall–Kier alpha value is -2.37. The largest absolute Gasteiger partial charge is 0.508 e. The zero-order valence-corrected chi connectivity index (χ0v) is 11.5. The summed E-state index contributed by atoms with van der Waals surface area (Å²) in [6.45, 7) is 0. The third-order valence-corrected chi connectivity index (χ3v) is 4.94. The van der Waals surface area contributed by atoms with Gasteiger partial charge >= 0.3 is 5.97 Å². The Kier molecular flexibility index (Phi) is 2.35. The summed E-state index contributed by atoms with van der Waals surface area (Å²) >= 11 is 0. The number of hydrogen-bond donors (Lipinski definition) is 4. The van der Waals surface area contributed by atoms with Gasteiger partial charge in [-0.2, -0.15) is 0 Å². The maximum atomic E-state index is 11.7. The number of benzene rings is 2. The van der Waals surface area contributed by atoms with Crippen LogP contribution in [-0.2, 0) is 16.0 Å². The summed E-state index contributed by atoms with van der Waals surface area (Å²) in [5.74, 6) is -2.34. The van der Waals surface area contributed by atoms with E-state index in [9.17, 15) is 25.2 Å². The number of aliphatic hydroxyl groups is 2. The minimum Gasteiger partial charge on any atom is -0.508 e. The second-order valence-corrected chi connectivity index (χ2v) is 6.00. The van der Waals surface area contributed by atoms with E-state index >= 15 is 0 Å². The molecule has 0 radical (unpaired) electrons. The normalized spacial score (nSPS) is 31.5. The van der Waals surface area contributed by atoms with Crippen LogP contribution in [0, 0.1) is 5.92 Å². The second kappa shape index (κ2) is 3.88. The van der Waals surface area contributed by atoms with Gasteiger partial charge in [0.25, 0.3) is 0 Å². The molecule has 0 saturated heterocycles. The lowest BCUT2D eigenvalue weighted by molar-refractivity contribution is -0.160. The number of carbonyl (C=O) groups is 1. The molecule has 5 heteroatoms. The average molecular weight is 298 g/mol. The predicted molar refractivity (Wildman–Crippen MR) is 76.3 cm³/mol. The summed E-state index contributed by atoms with van der Waals surface area (Å²) in [6, 6.07) is 11.0. The zero-order chi connectivity index (χ0) is 15.7. The molecule has 0 saturated carbocycles. The van der Waals surface area contributed by atoms with Crippen LogP contribution in [0.25, 0.3) is 0 Å². The van der Waals surface area contributed by atoms with Crippen molar-refractivity contribution in [2.24, 2.45) is 5.92 Å². The first-order valence-electron chi connectivity index (χ1n) is 7.00. The summed E-state index contributed by atoms with van der Waals surface area (Å²) in [7, 11) is 0. The van der Waals surface area contributed by atoms with Crippen LogP contribution in [0.2, 0.25) is 0 Å². The van der Waals surface area contributed by atoms with E-state index in [-0.39, 0.29) is 12.2 Å².